The minimum absolute atomic E-state index is 0. The van der Waals surface area contributed by atoms with E-state index in [1.165, 1.54) is 36.5 Å². The molecule has 12 nitrogen and oxygen atoms in total. The molecule has 5 rings (SSSR count). The molecule has 2 aromatic rings. The zero-order valence-corrected chi connectivity index (χ0v) is 23.9. The number of Topliss-reactive ketones (excluding diaryl/α,β-unsaturated/α-hetero) is 2. The molecule has 3 aliphatic carbocycles. The number of primary amides is 1. The van der Waals surface area contributed by atoms with Gasteiger partial charge in [-0.1, -0.05) is 6.07 Å². The Morgan fingerprint density at radius 1 is 1.24 bits per heavy atom. The molecule has 16 heteroatoms. The highest BCUT2D eigenvalue weighted by Crippen LogP contribution is 2.53. The zero-order valence-electron chi connectivity index (χ0n) is 21.4. The highest BCUT2D eigenvalue weighted by Gasteiger charge is 2.64. The maximum atomic E-state index is 15.4. The summed E-state index contributed by atoms with van der Waals surface area (Å²) < 4.78 is 42.7. The van der Waals surface area contributed by atoms with Gasteiger partial charge in [0.2, 0.25) is 5.78 Å². The Balaban J connectivity index is 0.00000387. The number of nitrogens with one attached hydrogen (secondary N) is 1. The molecular formula is C25H25ClFN3O9S2. The van der Waals surface area contributed by atoms with E-state index in [1.807, 2.05) is 0 Å². The fourth-order valence-corrected chi connectivity index (χ4v) is 8.01. The first-order valence-corrected chi connectivity index (χ1v) is 14.2. The quantitative estimate of drug-likeness (QED) is 0.207. The number of anilines is 1. The van der Waals surface area contributed by atoms with Crippen LogP contribution in [0.15, 0.2) is 44.7 Å². The lowest BCUT2D eigenvalue weighted by atomic mass is 9.57. The summed E-state index contributed by atoms with van der Waals surface area (Å²) in [6.07, 6.45) is -0.482. The molecule has 220 valence electrons. The molecule has 1 amide bonds. The number of hydrogen-bond donors (Lipinski definition) is 6. The van der Waals surface area contributed by atoms with Crippen LogP contribution in [0.4, 0.5) is 10.1 Å². The second-order valence-electron chi connectivity index (χ2n) is 10.1. The number of rotatable bonds is 5. The maximum Gasteiger partial charge on any atom is 0.271 e. The molecule has 0 radical (unpaired) electrons. The number of sulfonamides is 1. The lowest BCUT2D eigenvalue weighted by Crippen LogP contribution is -2.65. The number of amides is 1. The minimum Gasteiger partial charge on any atom is -0.508 e. The fraction of sp³-hybridized carbons (Fsp3) is 0.320. The Morgan fingerprint density at radius 2 is 1.90 bits per heavy atom. The number of phenolic OH excluding ortho intramolecular Hbond substituents is 1. The molecule has 7 N–H and O–H groups in total. The number of likely N-dealkylation sites (N-methyl/N-ethyl adjacent to an activating group) is 1. The van der Waals surface area contributed by atoms with Crippen LogP contribution in [0.25, 0.3) is 5.76 Å². The van der Waals surface area contributed by atoms with Crippen LogP contribution < -0.4 is 10.5 Å². The predicted octanol–water partition coefficient (Wildman–Crippen LogP) is 1.39. The van der Waals surface area contributed by atoms with Crippen molar-refractivity contribution >= 4 is 62.7 Å². The molecule has 0 spiro atoms. The third kappa shape index (κ3) is 4.30. The van der Waals surface area contributed by atoms with E-state index in [-0.39, 0.29) is 35.0 Å². The molecule has 0 aliphatic heterocycles. The van der Waals surface area contributed by atoms with Crippen molar-refractivity contribution in [1.29, 1.82) is 0 Å². The van der Waals surface area contributed by atoms with Gasteiger partial charge in [0.05, 0.1) is 17.3 Å². The van der Waals surface area contributed by atoms with Crippen LogP contribution in [0.2, 0.25) is 0 Å². The number of benzene rings is 1. The first-order valence-electron chi connectivity index (χ1n) is 11.9. The zero-order chi connectivity index (χ0) is 29.5. The van der Waals surface area contributed by atoms with Crippen LogP contribution in [0.3, 0.4) is 0 Å². The second-order valence-corrected chi connectivity index (χ2v) is 13.0. The molecule has 0 saturated heterocycles. The van der Waals surface area contributed by atoms with Crippen molar-refractivity contribution in [2.75, 3.05) is 18.8 Å². The summed E-state index contributed by atoms with van der Waals surface area (Å²) >= 11 is 0.873. The normalized spacial score (nSPS) is 25.8. The number of nitrogens with zero attached hydrogens (tertiary/aromatic N) is 1. The van der Waals surface area contributed by atoms with Gasteiger partial charge in [-0.05, 0) is 44.3 Å². The number of ketones is 2. The Kier molecular flexibility index (Phi) is 7.50. The summed E-state index contributed by atoms with van der Waals surface area (Å²) in [5, 5.41) is 46.1. The van der Waals surface area contributed by atoms with E-state index in [2.05, 4.69) is 4.72 Å². The van der Waals surface area contributed by atoms with Crippen molar-refractivity contribution in [3.05, 3.63) is 57.4 Å². The topological polar surface area (TPSA) is 208 Å². The van der Waals surface area contributed by atoms with Gasteiger partial charge < -0.3 is 26.2 Å². The van der Waals surface area contributed by atoms with Gasteiger partial charge in [-0.3, -0.25) is 24.0 Å². The van der Waals surface area contributed by atoms with Crippen LogP contribution in [-0.2, 0) is 30.8 Å². The van der Waals surface area contributed by atoms with Crippen LogP contribution in [-0.4, -0.2) is 77.0 Å². The average molecular weight is 630 g/mol. The van der Waals surface area contributed by atoms with Gasteiger partial charge >= 0.3 is 0 Å². The van der Waals surface area contributed by atoms with Crippen LogP contribution in [0.5, 0.6) is 5.75 Å². The number of carbonyl (C=O) groups excluding carboxylic acids is 3. The van der Waals surface area contributed by atoms with Crippen LogP contribution in [0.1, 0.15) is 17.5 Å². The molecule has 3 aliphatic rings. The van der Waals surface area contributed by atoms with Crippen molar-refractivity contribution in [3.8, 4) is 5.75 Å². The van der Waals surface area contributed by atoms with Crippen LogP contribution in [0, 0.1) is 17.7 Å². The Labute approximate surface area is 243 Å². The highest BCUT2D eigenvalue weighted by molar-refractivity contribution is 7.94. The average Bonchev–Trinajstić information content (AvgIpc) is 3.40. The first-order chi connectivity index (χ1) is 18.6. The van der Waals surface area contributed by atoms with Gasteiger partial charge in [0.15, 0.2) is 17.1 Å². The van der Waals surface area contributed by atoms with E-state index >= 15 is 4.39 Å². The van der Waals surface area contributed by atoms with Gasteiger partial charge in [0.25, 0.3) is 15.9 Å². The summed E-state index contributed by atoms with van der Waals surface area (Å²) in [6, 6.07) is 2.24. The van der Waals surface area contributed by atoms with E-state index in [9.17, 15) is 43.2 Å². The number of thiophene rings is 1. The molecule has 1 aromatic heterocycles. The summed E-state index contributed by atoms with van der Waals surface area (Å²) in [6.45, 7) is 0. The molecule has 41 heavy (non-hydrogen) atoms. The Bertz CT molecular complexity index is 1670. The number of carbonyl (C=O) groups is 3. The van der Waals surface area contributed by atoms with Gasteiger partial charge in [-0.2, -0.15) is 0 Å². The smallest absolute Gasteiger partial charge is 0.271 e. The number of hydrogen-bond acceptors (Lipinski definition) is 11. The highest BCUT2D eigenvalue weighted by atomic mass is 35.5. The van der Waals surface area contributed by atoms with Crippen molar-refractivity contribution in [1.82, 2.24) is 4.90 Å². The predicted molar refractivity (Wildman–Crippen MR) is 147 cm³/mol. The monoisotopic (exact) mass is 629 g/mol. The molecule has 1 heterocycles. The van der Waals surface area contributed by atoms with E-state index in [1.54, 1.807) is 0 Å². The van der Waals surface area contributed by atoms with E-state index < -0.39 is 96.5 Å². The van der Waals surface area contributed by atoms with E-state index in [4.69, 9.17) is 5.73 Å². The molecule has 0 bridgehead atoms. The molecule has 0 unspecified atom stereocenters. The van der Waals surface area contributed by atoms with Crippen molar-refractivity contribution in [3.63, 3.8) is 0 Å². The number of fused-ring (bicyclic) bond motifs is 3. The second kappa shape index (κ2) is 10.1. The number of halogens is 2. The van der Waals surface area contributed by atoms with Gasteiger partial charge in [0, 0.05) is 23.1 Å². The van der Waals surface area contributed by atoms with Crippen molar-refractivity contribution in [2.24, 2.45) is 17.6 Å². The number of nitrogens with two attached hydrogens (primary N) is 1. The maximum absolute atomic E-state index is 15.4. The Morgan fingerprint density at radius 3 is 2.46 bits per heavy atom. The van der Waals surface area contributed by atoms with E-state index in [0.717, 1.165) is 17.4 Å². The molecule has 4 atom stereocenters. The van der Waals surface area contributed by atoms with E-state index in [0.29, 0.717) is 0 Å². The fourth-order valence-electron chi connectivity index (χ4n) is 5.96. The largest absolute Gasteiger partial charge is 0.508 e. The number of aromatic hydroxyl groups is 1. The number of phenols is 1. The SMILES string of the molecule is CN(C)[C@@H]1C(=O)C(C(N)=O)=C(O)[C@@]2(O)C(=O)C3=C(O)c4c(O)c(NS(=O)(=O)c5cccs5)cc(F)c4C[C@H]3C[C@@H]12.Cl. The Hall–Kier alpha value is -3.50. The molecule has 1 fully saturated rings. The molecule has 1 aromatic carbocycles. The van der Waals surface area contributed by atoms with Gasteiger partial charge in [-0.25, -0.2) is 12.8 Å². The van der Waals surface area contributed by atoms with Crippen molar-refractivity contribution in [2.45, 2.75) is 28.7 Å². The number of aliphatic hydroxyl groups is 3. The molecule has 1 saturated carbocycles. The minimum atomic E-state index is -4.24. The summed E-state index contributed by atoms with van der Waals surface area (Å²) in [4.78, 5) is 40.3. The van der Waals surface area contributed by atoms with Crippen LogP contribution >= 0.6 is 23.7 Å². The third-order valence-electron chi connectivity index (χ3n) is 7.67. The summed E-state index contributed by atoms with van der Waals surface area (Å²) in [7, 11) is -1.31. The lowest BCUT2D eigenvalue weighted by molar-refractivity contribution is -0.153. The van der Waals surface area contributed by atoms with Crippen molar-refractivity contribution < 1.29 is 47.6 Å². The lowest BCUT2D eigenvalue weighted by Gasteiger charge is -2.50. The standard InChI is InChI=1S/C25H24FN3O9S2.ClH/c1-29(2)18-11-7-9-6-10-12(26)8-13(28-40(37,38)14-4-3-5-39-14)19(30)16(10)20(31)15(9)22(33)25(11,36)23(34)17(21(18)32)24(27)35;/h3-5,8-9,11,18,28,30-31,34,36H,6-7H2,1-2H3,(H2,27,35);1H/t9-,11-,18-,25-;/m0./s1. The third-order valence-corrected chi connectivity index (χ3v) is 10.4. The first kappa shape index (κ1) is 30.5. The van der Waals surface area contributed by atoms with Gasteiger partial charge in [-0.15, -0.1) is 23.7 Å². The number of aliphatic hydroxyl groups excluding tert-OH is 2. The van der Waals surface area contributed by atoms with Gasteiger partial charge in [0.1, 0.15) is 27.1 Å². The summed E-state index contributed by atoms with van der Waals surface area (Å²) in [5.74, 6) is -9.87. The summed E-state index contributed by atoms with van der Waals surface area (Å²) in [5.41, 5.74) is -0.402. The molecular weight excluding hydrogens is 605 g/mol.